The molecule has 0 saturated carbocycles. The number of carbonyl (C=O) groups excluding carboxylic acids is 1. The van der Waals surface area contributed by atoms with E-state index in [0.717, 1.165) is 37.6 Å². The fourth-order valence-corrected chi connectivity index (χ4v) is 4.30. The van der Waals surface area contributed by atoms with Crippen molar-refractivity contribution in [3.63, 3.8) is 0 Å². The maximum atomic E-state index is 12.6. The number of thiazole rings is 1. The van der Waals surface area contributed by atoms with E-state index in [0.29, 0.717) is 15.7 Å². The Labute approximate surface area is 172 Å². The van der Waals surface area contributed by atoms with Crippen LogP contribution >= 0.6 is 23.1 Å². The van der Waals surface area contributed by atoms with Crippen LogP contribution < -0.4 is 10.2 Å². The van der Waals surface area contributed by atoms with E-state index in [9.17, 15) is 4.79 Å². The Hall–Kier alpha value is -2.42. The first kappa shape index (κ1) is 18.9. The molecule has 2 aromatic heterocycles. The van der Waals surface area contributed by atoms with Gasteiger partial charge in [0.15, 0.2) is 5.13 Å². The second-order valence-corrected chi connectivity index (χ2v) is 7.86. The predicted molar refractivity (Wildman–Crippen MR) is 115 cm³/mol. The van der Waals surface area contributed by atoms with Crippen LogP contribution in [0.2, 0.25) is 0 Å². The molecule has 6 nitrogen and oxygen atoms in total. The molecule has 0 spiro atoms. The molecular formula is C20H20N4O2S2. The molecule has 0 radical (unpaired) electrons. The van der Waals surface area contributed by atoms with Gasteiger partial charge in [-0.05, 0) is 30.5 Å². The number of aromatic nitrogens is 2. The van der Waals surface area contributed by atoms with Crippen molar-refractivity contribution in [1.82, 2.24) is 9.97 Å². The van der Waals surface area contributed by atoms with E-state index in [1.54, 1.807) is 18.3 Å². The van der Waals surface area contributed by atoms with E-state index < -0.39 is 0 Å². The quantitative estimate of drug-likeness (QED) is 0.639. The van der Waals surface area contributed by atoms with Gasteiger partial charge in [0.05, 0.1) is 24.5 Å². The van der Waals surface area contributed by atoms with Gasteiger partial charge in [0.1, 0.15) is 5.03 Å². The average Bonchev–Trinajstić information content (AvgIpc) is 3.23. The number of ether oxygens (including phenoxy) is 1. The summed E-state index contributed by atoms with van der Waals surface area (Å²) in [5.41, 5.74) is 3.61. The Kier molecular flexibility index (Phi) is 5.90. The predicted octanol–water partition coefficient (Wildman–Crippen LogP) is 4.02. The normalized spacial score (nSPS) is 14.1. The Morgan fingerprint density at radius 1 is 1.25 bits per heavy atom. The number of rotatable bonds is 5. The third-order valence-electron chi connectivity index (χ3n) is 4.45. The Morgan fingerprint density at radius 2 is 2.11 bits per heavy atom. The van der Waals surface area contributed by atoms with Gasteiger partial charge in [-0.1, -0.05) is 12.1 Å². The molecule has 1 saturated heterocycles. The van der Waals surface area contributed by atoms with Crippen LogP contribution in [-0.2, 0) is 4.74 Å². The van der Waals surface area contributed by atoms with Gasteiger partial charge < -0.3 is 9.64 Å². The largest absolute Gasteiger partial charge is 0.378 e. The summed E-state index contributed by atoms with van der Waals surface area (Å²) < 4.78 is 5.43. The van der Waals surface area contributed by atoms with Crippen molar-refractivity contribution in [2.24, 2.45) is 0 Å². The Morgan fingerprint density at radius 3 is 2.93 bits per heavy atom. The highest BCUT2D eigenvalue weighted by atomic mass is 32.2. The number of nitrogens with zero attached hydrogens (tertiary/aromatic N) is 3. The molecular weight excluding hydrogens is 392 g/mol. The average molecular weight is 413 g/mol. The van der Waals surface area contributed by atoms with Crippen molar-refractivity contribution < 1.29 is 9.53 Å². The summed E-state index contributed by atoms with van der Waals surface area (Å²) in [5.74, 6) is -0.194. The van der Waals surface area contributed by atoms with Crippen molar-refractivity contribution in [3.8, 4) is 11.3 Å². The minimum absolute atomic E-state index is 0.194. The maximum Gasteiger partial charge on any atom is 0.260 e. The number of nitrogens with one attached hydrogen (secondary N) is 1. The molecule has 3 heterocycles. The van der Waals surface area contributed by atoms with Crippen LogP contribution in [0, 0.1) is 0 Å². The van der Waals surface area contributed by atoms with Gasteiger partial charge in [-0.25, -0.2) is 9.97 Å². The van der Waals surface area contributed by atoms with Crippen LogP contribution in [0.4, 0.5) is 10.8 Å². The van der Waals surface area contributed by atoms with Crippen molar-refractivity contribution in [3.05, 3.63) is 53.5 Å². The molecule has 0 aliphatic carbocycles. The highest BCUT2D eigenvalue weighted by molar-refractivity contribution is 7.98. The lowest BCUT2D eigenvalue weighted by Gasteiger charge is -2.29. The molecule has 1 fully saturated rings. The molecule has 4 rings (SSSR count). The lowest BCUT2D eigenvalue weighted by molar-refractivity contribution is 0.102. The van der Waals surface area contributed by atoms with Crippen LogP contribution in [0.15, 0.2) is 53.0 Å². The zero-order valence-electron chi connectivity index (χ0n) is 15.4. The van der Waals surface area contributed by atoms with Crippen LogP contribution in [0.25, 0.3) is 11.3 Å². The number of amides is 1. The van der Waals surface area contributed by atoms with Crippen molar-refractivity contribution in [1.29, 1.82) is 0 Å². The topological polar surface area (TPSA) is 67.4 Å². The minimum Gasteiger partial charge on any atom is -0.378 e. The second kappa shape index (κ2) is 8.72. The third kappa shape index (κ3) is 4.19. The molecule has 1 aromatic carbocycles. The molecule has 28 heavy (non-hydrogen) atoms. The number of hydrogen-bond donors (Lipinski definition) is 1. The van der Waals surface area contributed by atoms with Crippen LogP contribution in [0.1, 0.15) is 10.4 Å². The molecule has 0 atom stereocenters. The number of anilines is 2. The summed E-state index contributed by atoms with van der Waals surface area (Å²) in [4.78, 5) is 23.7. The molecule has 0 unspecified atom stereocenters. The van der Waals surface area contributed by atoms with Crippen molar-refractivity contribution >= 4 is 39.8 Å². The first-order valence-corrected chi connectivity index (χ1v) is 11.0. The van der Waals surface area contributed by atoms with Gasteiger partial charge in [0, 0.05) is 35.9 Å². The van der Waals surface area contributed by atoms with E-state index >= 15 is 0 Å². The summed E-state index contributed by atoms with van der Waals surface area (Å²) in [5, 5.41) is 6.13. The number of morpholine rings is 1. The summed E-state index contributed by atoms with van der Waals surface area (Å²) >= 11 is 2.87. The fraction of sp³-hybridized carbons (Fsp3) is 0.250. The first-order chi connectivity index (χ1) is 13.7. The molecule has 144 valence electrons. The maximum absolute atomic E-state index is 12.6. The van der Waals surface area contributed by atoms with E-state index in [1.807, 2.05) is 23.8 Å². The first-order valence-electron chi connectivity index (χ1n) is 8.93. The summed E-state index contributed by atoms with van der Waals surface area (Å²) in [6, 6.07) is 11.9. The lowest BCUT2D eigenvalue weighted by Crippen LogP contribution is -2.36. The highest BCUT2D eigenvalue weighted by Gasteiger charge is 2.15. The van der Waals surface area contributed by atoms with E-state index in [1.165, 1.54) is 28.8 Å². The number of benzene rings is 1. The van der Waals surface area contributed by atoms with Gasteiger partial charge in [-0.2, -0.15) is 0 Å². The third-order valence-corrected chi connectivity index (χ3v) is 5.92. The Bertz CT molecular complexity index is 970. The monoisotopic (exact) mass is 412 g/mol. The summed E-state index contributed by atoms with van der Waals surface area (Å²) in [6.07, 6.45) is 3.59. The van der Waals surface area contributed by atoms with Gasteiger partial charge in [-0.3, -0.25) is 10.1 Å². The molecule has 8 heteroatoms. The standard InChI is InChI=1S/C20H20N4O2S2/c1-27-19-16(6-3-7-21-19)18(25)23-20-22-17(13-28-20)14-4-2-5-15(12-14)24-8-10-26-11-9-24/h2-7,12-13H,8-11H2,1H3,(H,22,23,25). The molecule has 1 aliphatic rings. The van der Waals surface area contributed by atoms with Crippen molar-refractivity contribution in [2.45, 2.75) is 5.03 Å². The van der Waals surface area contributed by atoms with Gasteiger partial charge in [0.2, 0.25) is 0 Å². The second-order valence-electron chi connectivity index (χ2n) is 6.20. The van der Waals surface area contributed by atoms with Gasteiger partial charge in [0.25, 0.3) is 5.91 Å². The van der Waals surface area contributed by atoms with Gasteiger partial charge >= 0.3 is 0 Å². The molecule has 1 aliphatic heterocycles. The van der Waals surface area contributed by atoms with E-state index in [4.69, 9.17) is 4.74 Å². The number of thioether (sulfide) groups is 1. The summed E-state index contributed by atoms with van der Waals surface area (Å²) in [7, 11) is 0. The molecule has 0 bridgehead atoms. The Balaban J connectivity index is 1.51. The number of carbonyl (C=O) groups is 1. The number of hydrogen-bond acceptors (Lipinski definition) is 7. The minimum atomic E-state index is -0.194. The van der Waals surface area contributed by atoms with Crippen LogP contribution in [-0.4, -0.2) is 48.4 Å². The zero-order chi connectivity index (χ0) is 19.3. The highest BCUT2D eigenvalue weighted by Crippen LogP contribution is 2.29. The van der Waals surface area contributed by atoms with E-state index in [-0.39, 0.29) is 5.91 Å². The van der Waals surface area contributed by atoms with Crippen LogP contribution in [0.3, 0.4) is 0 Å². The van der Waals surface area contributed by atoms with E-state index in [2.05, 4.69) is 32.3 Å². The van der Waals surface area contributed by atoms with Crippen LogP contribution in [0.5, 0.6) is 0 Å². The summed E-state index contributed by atoms with van der Waals surface area (Å²) in [6.45, 7) is 3.29. The lowest BCUT2D eigenvalue weighted by atomic mass is 10.1. The smallest absolute Gasteiger partial charge is 0.260 e. The molecule has 3 aromatic rings. The zero-order valence-corrected chi connectivity index (χ0v) is 17.1. The molecule has 1 amide bonds. The van der Waals surface area contributed by atoms with Gasteiger partial charge in [-0.15, -0.1) is 23.1 Å². The fourth-order valence-electron chi connectivity index (χ4n) is 3.04. The SMILES string of the molecule is CSc1ncccc1C(=O)Nc1nc(-c2cccc(N3CCOCC3)c2)cs1. The number of pyridine rings is 1. The van der Waals surface area contributed by atoms with Crippen molar-refractivity contribution in [2.75, 3.05) is 42.8 Å². The molecule has 1 N–H and O–H groups in total.